The number of benzene rings is 2. The Kier molecular flexibility index (Phi) is 4.53. The molecular weight excluding hydrogens is 401 g/mol. The van der Waals surface area contributed by atoms with Gasteiger partial charge in [-0.25, -0.2) is 12.8 Å². The van der Waals surface area contributed by atoms with Crippen LogP contribution in [0.2, 0.25) is 0 Å². The van der Waals surface area contributed by atoms with Gasteiger partial charge >= 0.3 is 0 Å². The van der Waals surface area contributed by atoms with Gasteiger partial charge in [0.25, 0.3) is 0 Å². The number of rotatable bonds is 3. The molecule has 2 aromatic carbocycles. The molecule has 2 aromatic rings. The van der Waals surface area contributed by atoms with E-state index in [1.165, 1.54) is 12.1 Å². The molecule has 3 rings (SSSR count). The van der Waals surface area contributed by atoms with Crippen molar-refractivity contribution in [2.45, 2.75) is 4.90 Å². The molecule has 23 heavy (non-hydrogen) atoms. The van der Waals surface area contributed by atoms with Crippen molar-refractivity contribution >= 4 is 48.9 Å². The molecule has 0 unspecified atom stereocenters. The van der Waals surface area contributed by atoms with E-state index < -0.39 is 15.7 Å². The fourth-order valence-corrected chi connectivity index (χ4v) is 4.41. The minimum Gasteiger partial charge on any atom is -0.330 e. The van der Waals surface area contributed by atoms with E-state index in [1.54, 1.807) is 17.8 Å². The van der Waals surface area contributed by atoms with E-state index in [-0.39, 0.29) is 4.90 Å². The molecule has 120 valence electrons. The van der Waals surface area contributed by atoms with Crippen LogP contribution in [0, 0.1) is 5.82 Å². The van der Waals surface area contributed by atoms with E-state index in [4.69, 9.17) is 0 Å². The molecule has 0 atom stereocenters. The van der Waals surface area contributed by atoms with Crippen LogP contribution in [0.25, 0.3) is 5.70 Å². The molecule has 0 aromatic heterocycles. The molecule has 0 spiro atoms. The van der Waals surface area contributed by atoms with Gasteiger partial charge in [0.05, 0.1) is 11.6 Å². The number of anilines is 1. The maximum absolute atomic E-state index is 14.2. The maximum Gasteiger partial charge on any atom is 0.178 e. The van der Waals surface area contributed by atoms with Crippen LogP contribution < -0.4 is 4.90 Å². The number of hydrogen-bond acceptors (Lipinski definition) is 4. The number of thioether (sulfide) groups is 1. The van der Waals surface area contributed by atoms with Crippen molar-refractivity contribution in [3.8, 4) is 0 Å². The molecule has 0 saturated heterocycles. The SMILES string of the molecule is CS(=O)(=O)c1ccc(C2=CSCN2c2cccc(Br)c2)cc1F. The molecule has 0 amide bonds. The summed E-state index contributed by atoms with van der Waals surface area (Å²) in [5.41, 5.74) is 2.50. The molecule has 0 fully saturated rings. The minimum absolute atomic E-state index is 0.276. The van der Waals surface area contributed by atoms with Crippen LogP contribution in [0.1, 0.15) is 5.56 Å². The minimum atomic E-state index is -3.56. The summed E-state index contributed by atoms with van der Waals surface area (Å²) in [6, 6.07) is 12.1. The van der Waals surface area contributed by atoms with Crippen LogP contribution in [-0.4, -0.2) is 20.6 Å². The summed E-state index contributed by atoms with van der Waals surface area (Å²) in [6.45, 7) is 0. The first kappa shape index (κ1) is 16.5. The van der Waals surface area contributed by atoms with Crippen LogP contribution in [0.4, 0.5) is 10.1 Å². The summed E-state index contributed by atoms with van der Waals surface area (Å²) >= 11 is 5.06. The van der Waals surface area contributed by atoms with E-state index in [0.717, 1.165) is 28.0 Å². The van der Waals surface area contributed by atoms with Crippen LogP contribution >= 0.6 is 27.7 Å². The number of sulfone groups is 1. The van der Waals surface area contributed by atoms with Crippen molar-refractivity contribution in [3.05, 3.63) is 63.7 Å². The van der Waals surface area contributed by atoms with Crippen LogP contribution in [-0.2, 0) is 9.84 Å². The Morgan fingerprint density at radius 2 is 2.00 bits per heavy atom. The normalized spacial score (nSPS) is 14.9. The molecule has 0 N–H and O–H groups in total. The lowest BCUT2D eigenvalue weighted by atomic mass is 10.1. The molecule has 0 bridgehead atoms. The van der Waals surface area contributed by atoms with Gasteiger partial charge < -0.3 is 4.90 Å². The van der Waals surface area contributed by atoms with Gasteiger partial charge in [-0.1, -0.05) is 28.1 Å². The highest BCUT2D eigenvalue weighted by Crippen LogP contribution is 2.37. The Labute approximate surface area is 147 Å². The fraction of sp³-hybridized carbons (Fsp3) is 0.125. The first-order chi connectivity index (χ1) is 10.9. The molecule has 1 aliphatic rings. The predicted octanol–water partition coefficient (Wildman–Crippen LogP) is 4.50. The Morgan fingerprint density at radius 3 is 2.65 bits per heavy atom. The van der Waals surface area contributed by atoms with Crippen molar-refractivity contribution in [2.75, 3.05) is 17.0 Å². The van der Waals surface area contributed by atoms with Gasteiger partial charge in [-0.2, -0.15) is 0 Å². The van der Waals surface area contributed by atoms with Crippen molar-refractivity contribution in [1.82, 2.24) is 0 Å². The van der Waals surface area contributed by atoms with Crippen molar-refractivity contribution < 1.29 is 12.8 Å². The lowest BCUT2D eigenvalue weighted by Crippen LogP contribution is -2.17. The summed E-state index contributed by atoms with van der Waals surface area (Å²) in [6.07, 6.45) is 1.00. The van der Waals surface area contributed by atoms with Crippen LogP contribution in [0.5, 0.6) is 0 Å². The number of nitrogens with zero attached hydrogens (tertiary/aromatic N) is 1. The van der Waals surface area contributed by atoms with Crippen molar-refractivity contribution in [1.29, 1.82) is 0 Å². The standard InChI is InChI=1S/C16H13BrFNO2S2/c1-23(20,21)16-6-5-11(7-14(16)18)15-9-22-10-19(15)13-4-2-3-12(17)8-13/h2-9H,10H2,1H3. The Balaban J connectivity index is 1.99. The zero-order valence-corrected chi connectivity index (χ0v) is 15.4. The van der Waals surface area contributed by atoms with Gasteiger partial charge in [0.15, 0.2) is 9.84 Å². The third-order valence-corrected chi connectivity index (χ3v) is 5.86. The molecule has 0 radical (unpaired) electrons. The lowest BCUT2D eigenvalue weighted by molar-refractivity contribution is 0.570. The van der Waals surface area contributed by atoms with E-state index in [0.29, 0.717) is 5.56 Å². The second-order valence-electron chi connectivity index (χ2n) is 5.12. The zero-order chi connectivity index (χ0) is 16.6. The molecule has 0 saturated carbocycles. The highest BCUT2D eigenvalue weighted by Gasteiger charge is 2.21. The monoisotopic (exact) mass is 413 g/mol. The number of hydrogen-bond donors (Lipinski definition) is 0. The van der Waals surface area contributed by atoms with Crippen LogP contribution in [0.3, 0.4) is 0 Å². The largest absolute Gasteiger partial charge is 0.330 e. The van der Waals surface area contributed by atoms with Gasteiger partial charge in [0.2, 0.25) is 0 Å². The van der Waals surface area contributed by atoms with Gasteiger partial charge in [-0.05, 0) is 35.7 Å². The fourth-order valence-electron chi connectivity index (χ4n) is 2.37. The smallest absolute Gasteiger partial charge is 0.178 e. The average Bonchev–Trinajstić information content (AvgIpc) is 2.95. The first-order valence-electron chi connectivity index (χ1n) is 6.71. The molecule has 0 aliphatic carbocycles. The average molecular weight is 414 g/mol. The molecule has 1 aliphatic heterocycles. The maximum atomic E-state index is 14.2. The Bertz CT molecular complexity index is 897. The summed E-state index contributed by atoms with van der Waals surface area (Å²) in [5, 5.41) is 1.95. The molecule has 1 heterocycles. The van der Waals surface area contributed by atoms with E-state index in [1.807, 2.05) is 29.7 Å². The Morgan fingerprint density at radius 1 is 1.22 bits per heavy atom. The quantitative estimate of drug-likeness (QED) is 0.741. The van der Waals surface area contributed by atoms with E-state index in [9.17, 15) is 12.8 Å². The van der Waals surface area contributed by atoms with Gasteiger partial charge in [-0.15, -0.1) is 11.8 Å². The topological polar surface area (TPSA) is 37.4 Å². The first-order valence-corrected chi connectivity index (χ1v) is 10.4. The second kappa shape index (κ2) is 6.30. The second-order valence-corrected chi connectivity index (χ2v) is 8.85. The van der Waals surface area contributed by atoms with Crippen molar-refractivity contribution in [2.24, 2.45) is 0 Å². The molecule has 7 heteroatoms. The summed E-state index contributed by atoms with van der Waals surface area (Å²) in [4.78, 5) is 1.78. The number of halogens is 2. The highest BCUT2D eigenvalue weighted by molar-refractivity contribution is 9.10. The highest BCUT2D eigenvalue weighted by atomic mass is 79.9. The molecular formula is C16H13BrFNO2S2. The van der Waals surface area contributed by atoms with Crippen LogP contribution in [0.15, 0.2) is 57.2 Å². The van der Waals surface area contributed by atoms with E-state index >= 15 is 0 Å². The third kappa shape index (κ3) is 3.46. The van der Waals surface area contributed by atoms with Gasteiger partial charge in [0, 0.05) is 22.0 Å². The summed E-state index contributed by atoms with van der Waals surface area (Å²) in [7, 11) is -3.56. The van der Waals surface area contributed by atoms with Crippen molar-refractivity contribution in [3.63, 3.8) is 0 Å². The molecule has 3 nitrogen and oxygen atoms in total. The zero-order valence-electron chi connectivity index (χ0n) is 12.2. The van der Waals surface area contributed by atoms with Gasteiger partial charge in [-0.3, -0.25) is 0 Å². The third-order valence-electron chi connectivity index (χ3n) is 3.44. The summed E-state index contributed by atoms with van der Waals surface area (Å²) < 4.78 is 38.2. The lowest BCUT2D eigenvalue weighted by Gasteiger charge is -2.22. The van der Waals surface area contributed by atoms with Gasteiger partial charge in [0.1, 0.15) is 10.7 Å². The summed E-state index contributed by atoms with van der Waals surface area (Å²) in [5.74, 6) is -0.00156. The van der Waals surface area contributed by atoms with E-state index in [2.05, 4.69) is 20.8 Å². The Hall–Kier alpha value is -1.31. The predicted molar refractivity (Wildman–Crippen MR) is 96.6 cm³/mol.